The average molecular weight is 240 g/mol. The minimum Gasteiger partial charge on any atom is -0.437 e. The van der Waals surface area contributed by atoms with E-state index in [0.717, 1.165) is 0 Å². The molecule has 0 rings (SSSR count). The van der Waals surface area contributed by atoms with Gasteiger partial charge >= 0.3 is 18.3 Å². The lowest BCUT2D eigenvalue weighted by Gasteiger charge is -2.22. The molecule has 0 aromatic heterocycles. The van der Waals surface area contributed by atoms with Crippen LogP contribution >= 0.6 is 0 Å². The number of ether oxygens (including phenoxy) is 1. The maximum Gasteiger partial charge on any atom is 0.434 e. The van der Waals surface area contributed by atoms with E-state index >= 15 is 0 Å². The Morgan fingerprint density at radius 1 is 1.07 bits per heavy atom. The minimum atomic E-state index is -5.86. The largest absolute Gasteiger partial charge is 0.437 e. The Bertz CT molecular complexity index is 250. The molecule has 0 spiro atoms. The van der Waals surface area contributed by atoms with Crippen LogP contribution in [0.2, 0.25) is 0 Å². The molecule has 0 unspecified atom stereocenters. The molecule has 0 aromatic carbocycles. The van der Waals surface area contributed by atoms with E-state index in [0.29, 0.717) is 0 Å². The van der Waals surface area contributed by atoms with Crippen molar-refractivity contribution in [2.45, 2.75) is 18.5 Å². The van der Waals surface area contributed by atoms with Crippen molar-refractivity contribution in [2.75, 3.05) is 0 Å². The first-order chi connectivity index (χ1) is 6.46. The number of rotatable bonds is 2. The van der Waals surface area contributed by atoms with Crippen LogP contribution in [0.15, 0.2) is 12.4 Å². The second kappa shape index (κ2) is 4.07. The molecule has 0 amide bonds. The van der Waals surface area contributed by atoms with Gasteiger partial charge in [0.25, 0.3) is 6.10 Å². The lowest BCUT2D eigenvalue weighted by atomic mass is 10.3. The zero-order chi connectivity index (χ0) is 12.4. The Kier molecular flexibility index (Phi) is 3.72. The number of carbonyl (C=O) groups is 1. The van der Waals surface area contributed by atoms with Crippen molar-refractivity contribution >= 4 is 5.97 Å². The van der Waals surface area contributed by atoms with Crippen LogP contribution in [0.3, 0.4) is 0 Å². The summed E-state index contributed by atoms with van der Waals surface area (Å²) in [6, 6.07) is 0. The van der Waals surface area contributed by atoms with Gasteiger partial charge in [0.15, 0.2) is 0 Å². The Morgan fingerprint density at radius 3 is 1.60 bits per heavy atom. The molecule has 0 fully saturated rings. The first-order valence-electron chi connectivity index (χ1n) is 3.15. The highest BCUT2D eigenvalue weighted by molar-refractivity contribution is 5.85. The standard InChI is InChI=1S/C6H3F7O2/c1-2(7)3(14)15-4(5(8,9)10)6(11,12)13/h4H,1H2. The summed E-state index contributed by atoms with van der Waals surface area (Å²) >= 11 is 0. The van der Waals surface area contributed by atoms with Gasteiger partial charge in [-0.1, -0.05) is 6.58 Å². The van der Waals surface area contributed by atoms with E-state index in [4.69, 9.17) is 0 Å². The Balaban J connectivity index is 4.85. The van der Waals surface area contributed by atoms with Crippen LogP contribution in [0.1, 0.15) is 0 Å². The fourth-order valence-corrected chi connectivity index (χ4v) is 0.490. The van der Waals surface area contributed by atoms with Crippen LogP contribution in [-0.4, -0.2) is 24.4 Å². The van der Waals surface area contributed by atoms with Gasteiger partial charge in [-0.15, -0.1) is 0 Å². The van der Waals surface area contributed by atoms with Crippen molar-refractivity contribution in [3.63, 3.8) is 0 Å². The number of esters is 1. The van der Waals surface area contributed by atoms with E-state index < -0.39 is 30.3 Å². The summed E-state index contributed by atoms with van der Waals surface area (Å²) in [5, 5.41) is 0. The zero-order valence-corrected chi connectivity index (χ0v) is 6.75. The summed E-state index contributed by atoms with van der Waals surface area (Å²) < 4.78 is 84.8. The quantitative estimate of drug-likeness (QED) is 0.421. The predicted molar refractivity (Wildman–Crippen MR) is 32.2 cm³/mol. The average Bonchev–Trinajstić information content (AvgIpc) is 1.94. The summed E-state index contributed by atoms with van der Waals surface area (Å²) in [5.41, 5.74) is 0. The van der Waals surface area contributed by atoms with E-state index in [1.807, 2.05) is 0 Å². The third kappa shape index (κ3) is 4.17. The molecular weight excluding hydrogens is 237 g/mol. The van der Waals surface area contributed by atoms with Crippen LogP contribution in [0.4, 0.5) is 30.7 Å². The summed E-state index contributed by atoms with van der Waals surface area (Å²) in [6.07, 6.45) is -16.1. The van der Waals surface area contributed by atoms with Crippen molar-refractivity contribution in [1.29, 1.82) is 0 Å². The van der Waals surface area contributed by atoms with Crippen molar-refractivity contribution in [3.05, 3.63) is 12.4 Å². The molecule has 0 aliphatic carbocycles. The molecule has 0 aliphatic heterocycles. The highest BCUT2D eigenvalue weighted by atomic mass is 19.4. The molecule has 0 aliphatic rings. The van der Waals surface area contributed by atoms with Crippen LogP contribution in [-0.2, 0) is 9.53 Å². The van der Waals surface area contributed by atoms with E-state index in [9.17, 15) is 35.5 Å². The van der Waals surface area contributed by atoms with Crippen LogP contribution in [0.5, 0.6) is 0 Å². The van der Waals surface area contributed by atoms with Crippen molar-refractivity contribution < 1.29 is 40.3 Å². The molecule has 9 heteroatoms. The number of hydrogen-bond donors (Lipinski definition) is 0. The van der Waals surface area contributed by atoms with Gasteiger partial charge < -0.3 is 4.74 Å². The molecule has 0 saturated carbocycles. The molecule has 0 N–H and O–H groups in total. The molecular formula is C6H3F7O2. The zero-order valence-electron chi connectivity index (χ0n) is 6.75. The van der Waals surface area contributed by atoms with Gasteiger partial charge in [-0.25, -0.2) is 4.79 Å². The van der Waals surface area contributed by atoms with Crippen molar-refractivity contribution in [3.8, 4) is 0 Å². The Labute approximate surface area is 78.3 Å². The number of hydrogen-bond acceptors (Lipinski definition) is 2. The summed E-state index contributed by atoms with van der Waals surface area (Å²) in [5.74, 6) is -4.46. The lowest BCUT2D eigenvalue weighted by molar-refractivity contribution is -0.312. The number of alkyl halides is 6. The van der Waals surface area contributed by atoms with Crippen molar-refractivity contribution in [2.24, 2.45) is 0 Å². The monoisotopic (exact) mass is 240 g/mol. The SMILES string of the molecule is C=C(F)C(=O)OC(C(F)(F)F)C(F)(F)F. The molecule has 2 nitrogen and oxygen atoms in total. The lowest BCUT2D eigenvalue weighted by Crippen LogP contribution is -2.45. The van der Waals surface area contributed by atoms with Gasteiger partial charge in [-0.05, 0) is 0 Å². The maximum absolute atomic E-state index is 11.8. The molecule has 0 bridgehead atoms. The topological polar surface area (TPSA) is 26.3 Å². The van der Waals surface area contributed by atoms with Gasteiger partial charge in [0, 0.05) is 0 Å². The van der Waals surface area contributed by atoms with Crippen LogP contribution < -0.4 is 0 Å². The minimum absolute atomic E-state index is 2.05. The molecule has 15 heavy (non-hydrogen) atoms. The first kappa shape index (κ1) is 13.7. The van der Waals surface area contributed by atoms with E-state index in [1.165, 1.54) is 0 Å². The van der Waals surface area contributed by atoms with E-state index in [2.05, 4.69) is 11.3 Å². The first-order valence-corrected chi connectivity index (χ1v) is 3.15. The number of halogens is 7. The second-order valence-corrected chi connectivity index (χ2v) is 2.27. The molecule has 0 radical (unpaired) electrons. The highest BCUT2D eigenvalue weighted by Crippen LogP contribution is 2.35. The molecule has 0 heterocycles. The van der Waals surface area contributed by atoms with Gasteiger partial charge in [0.05, 0.1) is 0 Å². The number of carbonyl (C=O) groups excluding carboxylic acids is 1. The Morgan fingerprint density at radius 2 is 1.40 bits per heavy atom. The maximum atomic E-state index is 11.8. The van der Waals surface area contributed by atoms with Gasteiger partial charge in [-0.3, -0.25) is 0 Å². The van der Waals surface area contributed by atoms with Crippen LogP contribution in [0, 0.1) is 0 Å². The third-order valence-corrected chi connectivity index (χ3v) is 1.04. The third-order valence-electron chi connectivity index (χ3n) is 1.04. The van der Waals surface area contributed by atoms with E-state index in [1.54, 1.807) is 0 Å². The van der Waals surface area contributed by atoms with Gasteiger partial charge in [0.1, 0.15) is 0 Å². The van der Waals surface area contributed by atoms with Gasteiger partial charge in [0.2, 0.25) is 5.83 Å². The summed E-state index contributed by atoms with van der Waals surface area (Å²) in [6.45, 7) is 2.20. The summed E-state index contributed by atoms with van der Waals surface area (Å²) in [7, 11) is 0. The second-order valence-electron chi connectivity index (χ2n) is 2.27. The Hall–Kier alpha value is -1.28. The van der Waals surface area contributed by atoms with Crippen molar-refractivity contribution in [1.82, 2.24) is 0 Å². The molecule has 0 saturated heterocycles. The molecule has 88 valence electrons. The molecule has 0 atom stereocenters. The molecule has 0 aromatic rings. The summed E-state index contributed by atoms with van der Waals surface area (Å²) in [4.78, 5) is 10.1. The van der Waals surface area contributed by atoms with Gasteiger partial charge in [-0.2, -0.15) is 30.7 Å². The van der Waals surface area contributed by atoms with E-state index in [-0.39, 0.29) is 0 Å². The normalized spacial score (nSPS) is 12.8. The smallest absolute Gasteiger partial charge is 0.434 e. The highest BCUT2D eigenvalue weighted by Gasteiger charge is 2.60. The predicted octanol–water partition coefficient (Wildman–Crippen LogP) is 2.51. The fraction of sp³-hybridized carbons (Fsp3) is 0.500. The fourth-order valence-electron chi connectivity index (χ4n) is 0.490. The van der Waals surface area contributed by atoms with Crippen LogP contribution in [0.25, 0.3) is 0 Å².